The van der Waals surface area contributed by atoms with Crippen LogP contribution in [0.15, 0.2) is 0 Å². The monoisotopic (exact) mass is 232 g/mol. The van der Waals surface area contributed by atoms with Gasteiger partial charge in [-0.2, -0.15) is 17.4 Å². The summed E-state index contributed by atoms with van der Waals surface area (Å²) in [5.74, 6) is 0. The Hall–Kier alpha value is -0.460. The predicted octanol–water partition coefficient (Wildman–Crippen LogP) is 0.0366. The van der Waals surface area contributed by atoms with E-state index in [9.17, 15) is 13.2 Å². The third-order valence-corrected chi connectivity index (χ3v) is 4.56. The standard InChI is InChI=1S/C9H16N2O3S/c12-7-9-3-1-2-6-11(9)15(13,14)10-8-4-5-8/h7-10H,1-6H2. The molecule has 0 bridgehead atoms. The lowest BCUT2D eigenvalue weighted by Gasteiger charge is -2.31. The molecule has 1 heterocycles. The van der Waals surface area contributed by atoms with Gasteiger partial charge in [0.2, 0.25) is 0 Å². The second kappa shape index (κ2) is 4.19. The molecule has 0 spiro atoms. The molecule has 1 N–H and O–H groups in total. The predicted molar refractivity (Wildman–Crippen MR) is 55.5 cm³/mol. The normalized spacial score (nSPS) is 28.9. The van der Waals surface area contributed by atoms with Gasteiger partial charge in [-0.15, -0.1) is 0 Å². The smallest absolute Gasteiger partial charge is 0.280 e. The first-order chi connectivity index (χ1) is 7.13. The fourth-order valence-corrected chi connectivity index (χ4v) is 3.52. The van der Waals surface area contributed by atoms with Crippen molar-refractivity contribution >= 4 is 16.5 Å². The van der Waals surface area contributed by atoms with E-state index in [1.807, 2.05) is 0 Å². The molecule has 6 heteroatoms. The summed E-state index contributed by atoms with van der Waals surface area (Å²) in [6.45, 7) is 0.464. The molecule has 0 aromatic heterocycles. The van der Waals surface area contributed by atoms with Crippen molar-refractivity contribution in [3.8, 4) is 0 Å². The quantitative estimate of drug-likeness (QED) is 0.696. The minimum Gasteiger partial charge on any atom is -0.302 e. The van der Waals surface area contributed by atoms with Crippen LogP contribution in [0.5, 0.6) is 0 Å². The van der Waals surface area contributed by atoms with Gasteiger partial charge in [0.05, 0.1) is 6.04 Å². The van der Waals surface area contributed by atoms with Crippen LogP contribution in [-0.4, -0.2) is 37.6 Å². The van der Waals surface area contributed by atoms with Gasteiger partial charge in [0.15, 0.2) is 0 Å². The topological polar surface area (TPSA) is 66.5 Å². The number of nitrogens with one attached hydrogen (secondary N) is 1. The number of aldehydes is 1. The van der Waals surface area contributed by atoms with E-state index < -0.39 is 16.3 Å². The molecule has 2 fully saturated rings. The molecular formula is C9H16N2O3S. The Bertz CT molecular complexity index is 337. The third kappa shape index (κ3) is 2.56. The van der Waals surface area contributed by atoms with E-state index in [1.165, 1.54) is 4.31 Å². The van der Waals surface area contributed by atoms with Gasteiger partial charge in [-0.3, -0.25) is 0 Å². The zero-order valence-electron chi connectivity index (χ0n) is 8.55. The summed E-state index contributed by atoms with van der Waals surface area (Å²) in [5.41, 5.74) is 0. The number of hydrogen-bond acceptors (Lipinski definition) is 3. The highest BCUT2D eigenvalue weighted by molar-refractivity contribution is 7.87. The number of piperidine rings is 1. The van der Waals surface area contributed by atoms with Crippen LogP contribution < -0.4 is 4.72 Å². The Balaban J connectivity index is 2.07. The Labute approximate surface area is 90.0 Å². The second-order valence-electron chi connectivity index (χ2n) is 4.21. The molecule has 0 amide bonds. The van der Waals surface area contributed by atoms with Gasteiger partial charge < -0.3 is 4.79 Å². The molecule has 1 atom stereocenters. The largest absolute Gasteiger partial charge is 0.302 e. The van der Waals surface area contributed by atoms with E-state index >= 15 is 0 Å². The van der Waals surface area contributed by atoms with Crippen LogP contribution >= 0.6 is 0 Å². The van der Waals surface area contributed by atoms with Crippen molar-refractivity contribution in [3.63, 3.8) is 0 Å². The fourth-order valence-electron chi connectivity index (χ4n) is 1.84. The highest BCUT2D eigenvalue weighted by Crippen LogP contribution is 2.23. The minimum atomic E-state index is -3.43. The van der Waals surface area contributed by atoms with Crippen LogP contribution in [0.2, 0.25) is 0 Å². The molecular weight excluding hydrogens is 216 g/mol. The number of nitrogens with zero attached hydrogens (tertiary/aromatic N) is 1. The van der Waals surface area contributed by atoms with Crippen LogP contribution in [0, 0.1) is 0 Å². The number of rotatable bonds is 4. The number of hydrogen-bond donors (Lipinski definition) is 1. The lowest BCUT2D eigenvalue weighted by molar-refractivity contribution is -0.111. The van der Waals surface area contributed by atoms with Crippen molar-refractivity contribution in [1.82, 2.24) is 9.03 Å². The molecule has 15 heavy (non-hydrogen) atoms. The summed E-state index contributed by atoms with van der Waals surface area (Å²) < 4.78 is 27.6. The average Bonchev–Trinajstić information content (AvgIpc) is 3.01. The zero-order chi connectivity index (χ0) is 10.9. The molecule has 5 nitrogen and oxygen atoms in total. The highest BCUT2D eigenvalue weighted by Gasteiger charge is 2.35. The zero-order valence-corrected chi connectivity index (χ0v) is 9.37. The fraction of sp³-hybridized carbons (Fsp3) is 0.889. The first kappa shape index (κ1) is 11.0. The van der Waals surface area contributed by atoms with Crippen LogP contribution in [-0.2, 0) is 15.0 Å². The molecule has 1 unspecified atom stereocenters. The molecule has 1 saturated heterocycles. The van der Waals surface area contributed by atoms with Crippen LogP contribution in [0.4, 0.5) is 0 Å². The van der Waals surface area contributed by atoms with Gasteiger partial charge in [-0.1, -0.05) is 6.42 Å². The highest BCUT2D eigenvalue weighted by atomic mass is 32.2. The summed E-state index contributed by atoms with van der Waals surface area (Å²) in [6.07, 6.45) is 4.99. The van der Waals surface area contributed by atoms with Crippen LogP contribution in [0.3, 0.4) is 0 Å². The first-order valence-electron chi connectivity index (χ1n) is 5.38. The second-order valence-corrected chi connectivity index (χ2v) is 5.86. The summed E-state index contributed by atoms with van der Waals surface area (Å²) in [6, 6.07) is -0.362. The van der Waals surface area contributed by atoms with Crippen molar-refractivity contribution in [2.24, 2.45) is 0 Å². The molecule has 1 aliphatic heterocycles. The molecule has 2 rings (SSSR count). The van der Waals surface area contributed by atoms with E-state index in [0.29, 0.717) is 13.0 Å². The molecule has 0 aromatic rings. The van der Waals surface area contributed by atoms with Crippen molar-refractivity contribution in [3.05, 3.63) is 0 Å². The maximum atomic E-state index is 11.9. The summed E-state index contributed by atoms with van der Waals surface area (Å²) in [7, 11) is -3.43. The number of carbonyl (C=O) groups excluding carboxylic acids is 1. The number of carbonyl (C=O) groups is 1. The van der Waals surface area contributed by atoms with E-state index in [1.54, 1.807) is 0 Å². The molecule has 0 radical (unpaired) electrons. The van der Waals surface area contributed by atoms with E-state index in [2.05, 4.69) is 4.72 Å². The third-order valence-electron chi connectivity index (χ3n) is 2.86. The van der Waals surface area contributed by atoms with Gasteiger partial charge in [-0.25, -0.2) is 0 Å². The summed E-state index contributed by atoms with van der Waals surface area (Å²) in [4.78, 5) is 10.8. The first-order valence-corrected chi connectivity index (χ1v) is 6.82. The molecule has 1 aliphatic carbocycles. The molecule has 86 valence electrons. The van der Waals surface area contributed by atoms with Crippen LogP contribution in [0.1, 0.15) is 32.1 Å². The van der Waals surface area contributed by atoms with E-state index in [-0.39, 0.29) is 6.04 Å². The van der Waals surface area contributed by atoms with Gasteiger partial charge >= 0.3 is 0 Å². The van der Waals surface area contributed by atoms with Crippen molar-refractivity contribution < 1.29 is 13.2 Å². The lowest BCUT2D eigenvalue weighted by atomic mass is 10.1. The molecule has 1 saturated carbocycles. The summed E-state index contributed by atoms with van der Waals surface area (Å²) >= 11 is 0. The Morgan fingerprint density at radius 2 is 1.93 bits per heavy atom. The van der Waals surface area contributed by atoms with Crippen molar-refractivity contribution in [1.29, 1.82) is 0 Å². The Kier molecular flexibility index (Phi) is 3.08. The maximum Gasteiger partial charge on any atom is 0.280 e. The SMILES string of the molecule is O=CC1CCCCN1S(=O)(=O)NC1CC1. The minimum absolute atomic E-state index is 0.101. The van der Waals surface area contributed by atoms with E-state index in [4.69, 9.17) is 0 Å². The van der Waals surface area contributed by atoms with Gasteiger partial charge in [0.25, 0.3) is 10.2 Å². The van der Waals surface area contributed by atoms with Gasteiger partial charge in [0, 0.05) is 12.6 Å². The lowest BCUT2D eigenvalue weighted by Crippen LogP contribution is -2.50. The Morgan fingerprint density at radius 1 is 1.20 bits per heavy atom. The van der Waals surface area contributed by atoms with E-state index in [0.717, 1.165) is 32.0 Å². The summed E-state index contributed by atoms with van der Waals surface area (Å²) in [5, 5.41) is 0. The van der Waals surface area contributed by atoms with Crippen molar-refractivity contribution in [2.45, 2.75) is 44.2 Å². The molecule has 2 aliphatic rings. The van der Waals surface area contributed by atoms with Gasteiger partial charge in [0.1, 0.15) is 6.29 Å². The average molecular weight is 232 g/mol. The van der Waals surface area contributed by atoms with Crippen LogP contribution in [0.25, 0.3) is 0 Å². The Morgan fingerprint density at radius 3 is 2.53 bits per heavy atom. The van der Waals surface area contributed by atoms with Gasteiger partial charge in [-0.05, 0) is 25.7 Å². The van der Waals surface area contributed by atoms with Crippen molar-refractivity contribution in [2.75, 3.05) is 6.54 Å². The molecule has 0 aromatic carbocycles. The maximum absolute atomic E-state index is 11.9.